The van der Waals surface area contributed by atoms with Crippen molar-refractivity contribution >= 4 is 21.4 Å². The van der Waals surface area contributed by atoms with Crippen LogP contribution in [0.5, 0.6) is 0 Å². The van der Waals surface area contributed by atoms with Gasteiger partial charge in [0.2, 0.25) is 10.0 Å². The van der Waals surface area contributed by atoms with Crippen LogP contribution in [-0.4, -0.2) is 19.9 Å². The molecule has 0 saturated heterocycles. The van der Waals surface area contributed by atoms with Crippen molar-refractivity contribution in [2.45, 2.75) is 25.2 Å². The molecular formula is C13H16N2O2S2. The Morgan fingerprint density at radius 2 is 2.05 bits per heavy atom. The Bertz CT molecular complexity index is 649. The zero-order valence-electron chi connectivity index (χ0n) is 10.9. The molecule has 4 nitrogen and oxygen atoms in total. The molecule has 6 heteroatoms. The molecule has 19 heavy (non-hydrogen) atoms. The molecule has 0 amide bonds. The van der Waals surface area contributed by atoms with Crippen molar-refractivity contribution in [2.75, 3.05) is 6.54 Å². The largest absolute Gasteiger partial charge is 0.253 e. The fraction of sp³-hybridized carbons (Fsp3) is 0.308. The quantitative estimate of drug-likeness (QED) is 0.921. The summed E-state index contributed by atoms with van der Waals surface area (Å²) in [6, 6.07) is 5.16. The normalized spacial score (nSPS) is 11.7. The lowest BCUT2D eigenvalue weighted by Crippen LogP contribution is -2.25. The van der Waals surface area contributed by atoms with Gasteiger partial charge in [-0.3, -0.25) is 4.98 Å². The van der Waals surface area contributed by atoms with Gasteiger partial charge in [-0.2, -0.15) is 0 Å². The van der Waals surface area contributed by atoms with Crippen molar-refractivity contribution in [3.05, 3.63) is 45.9 Å². The molecule has 0 aliphatic rings. The third-order valence-electron chi connectivity index (χ3n) is 2.94. The molecule has 1 N–H and O–H groups in total. The van der Waals surface area contributed by atoms with E-state index in [4.69, 9.17) is 0 Å². The van der Waals surface area contributed by atoms with Gasteiger partial charge in [-0.05, 0) is 43.5 Å². The van der Waals surface area contributed by atoms with E-state index in [1.807, 2.05) is 19.9 Å². The fourth-order valence-corrected chi connectivity index (χ4v) is 3.35. The number of rotatable bonds is 5. The maximum Gasteiger partial charge on any atom is 0.240 e. The van der Waals surface area contributed by atoms with Crippen molar-refractivity contribution in [2.24, 2.45) is 0 Å². The Hall–Kier alpha value is -1.24. The van der Waals surface area contributed by atoms with E-state index in [9.17, 15) is 8.42 Å². The molecule has 0 aliphatic carbocycles. The van der Waals surface area contributed by atoms with Crippen LogP contribution in [-0.2, 0) is 16.4 Å². The molecule has 1 aromatic heterocycles. The highest BCUT2D eigenvalue weighted by Crippen LogP contribution is 2.14. The van der Waals surface area contributed by atoms with Gasteiger partial charge < -0.3 is 0 Å². The number of aromatic nitrogens is 1. The van der Waals surface area contributed by atoms with E-state index in [1.165, 1.54) is 11.3 Å². The highest BCUT2D eigenvalue weighted by atomic mass is 32.2. The first-order valence-corrected chi connectivity index (χ1v) is 8.29. The summed E-state index contributed by atoms with van der Waals surface area (Å²) in [6.07, 6.45) is 2.42. The lowest BCUT2D eigenvalue weighted by atomic mass is 10.1. The zero-order valence-corrected chi connectivity index (χ0v) is 12.5. The first kappa shape index (κ1) is 14.2. The molecule has 0 spiro atoms. The zero-order chi connectivity index (χ0) is 13.9. The van der Waals surface area contributed by atoms with Crippen LogP contribution in [0, 0.1) is 13.8 Å². The summed E-state index contributed by atoms with van der Waals surface area (Å²) in [5.74, 6) is 0. The molecule has 0 fully saturated rings. The number of hydrogen-bond donors (Lipinski definition) is 1. The van der Waals surface area contributed by atoms with E-state index in [2.05, 4.69) is 9.71 Å². The Morgan fingerprint density at radius 3 is 2.68 bits per heavy atom. The topological polar surface area (TPSA) is 59.1 Å². The minimum absolute atomic E-state index is 0.319. The summed E-state index contributed by atoms with van der Waals surface area (Å²) in [6.45, 7) is 4.26. The van der Waals surface area contributed by atoms with Crippen molar-refractivity contribution < 1.29 is 8.42 Å². The summed E-state index contributed by atoms with van der Waals surface area (Å²) >= 11 is 1.53. The molecule has 0 saturated carbocycles. The second-order valence-corrected chi connectivity index (χ2v) is 7.10. The summed E-state index contributed by atoms with van der Waals surface area (Å²) in [4.78, 5) is 5.35. The fourth-order valence-electron chi connectivity index (χ4n) is 1.64. The number of nitrogens with zero attached hydrogens (tertiary/aromatic N) is 1. The lowest BCUT2D eigenvalue weighted by molar-refractivity contribution is 0.581. The van der Waals surface area contributed by atoms with E-state index in [0.29, 0.717) is 17.9 Å². The van der Waals surface area contributed by atoms with Crippen molar-refractivity contribution in [1.82, 2.24) is 9.71 Å². The summed E-state index contributed by atoms with van der Waals surface area (Å²) < 4.78 is 26.8. The van der Waals surface area contributed by atoms with Gasteiger partial charge >= 0.3 is 0 Å². The molecule has 0 unspecified atom stereocenters. The van der Waals surface area contributed by atoms with Crippen molar-refractivity contribution in [3.8, 4) is 0 Å². The molecule has 0 bridgehead atoms. The first-order chi connectivity index (χ1) is 8.99. The van der Waals surface area contributed by atoms with E-state index in [0.717, 1.165) is 16.0 Å². The highest BCUT2D eigenvalue weighted by molar-refractivity contribution is 7.89. The van der Waals surface area contributed by atoms with E-state index < -0.39 is 10.0 Å². The van der Waals surface area contributed by atoms with Crippen LogP contribution in [0.2, 0.25) is 0 Å². The predicted molar refractivity (Wildman–Crippen MR) is 76.9 cm³/mol. The van der Waals surface area contributed by atoms with Crippen molar-refractivity contribution in [1.29, 1.82) is 0 Å². The Morgan fingerprint density at radius 1 is 1.26 bits per heavy atom. The smallest absolute Gasteiger partial charge is 0.240 e. The number of thiazole rings is 1. The van der Waals surface area contributed by atoms with Crippen LogP contribution >= 0.6 is 11.3 Å². The summed E-state index contributed by atoms with van der Waals surface area (Å²) in [7, 11) is -3.42. The van der Waals surface area contributed by atoms with Crippen LogP contribution in [0.1, 0.15) is 16.0 Å². The molecule has 0 radical (unpaired) electrons. The van der Waals surface area contributed by atoms with Crippen LogP contribution in [0.25, 0.3) is 0 Å². The lowest BCUT2D eigenvalue weighted by Gasteiger charge is -2.08. The first-order valence-electron chi connectivity index (χ1n) is 5.93. The predicted octanol–water partition coefficient (Wildman–Crippen LogP) is 2.28. The monoisotopic (exact) mass is 296 g/mol. The maximum atomic E-state index is 12.1. The molecule has 2 rings (SSSR count). The molecule has 102 valence electrons. The Kier molecular flexibility index (Phi) is 4.34. The molecule has 2 aromatic rings. The standard InChI is InChI=1S/C13H16N2O2S2/c1-10-3-4-13(7-11(10)2)19(16,17)15-6-5-12-8-14-9-18-12/h3-4,7-9,15H,5-6H2,1-2H3. The number of nitrogens with one attached hydrogen (secondary N) is 1. The number of aryl methyl sites for hydroxylation is 2. The Balaban J connectivity index is 2.03. The van der Waals surface area contributed by atoms with Gasteiger partial charge in [0.1, 0.15) is 0 Å². The molecule has 0 aliphatic heterocycles. The minimum atomic E-state index is -3.42. The van der Waals surface area contributed by atoms with Crippen LogP contribution < -0.4 is 4.72 Å². The van der Waals surface area contributed by atoms with Gasteiger partial charge in [-0.15, -0.1) is 11.3 Å². The molecule has 0 atom stereocenters. The van der Waals surface area contributed by atoms with E-state index in [1.54, 1.807) is 23.8 Å². The summed E-state index contributed by atoms with van der Waals surface area (Å²) in [5.41, 5.74) is 3.81. The average molecular weight is 296 g/mol. The Labute approximate surface area is 117 Å². The second kappa shape index (κ2) is 5.81. The third kappa shape index (κ3) is 3.62. The maximum absolute atomic E-state index is 12.1. The van der Waals surface area contributed by atoms with Gasteiger partial charge in [0.05, 0.1) is 10.4 Å². The molecular weight excluding hydrogens is 280 g/mol. The average Bonchev–Trinajstić information content (AvgIpc) is 2.85. The van der Waals surface area contributed by atoms with Crippen LogP contribution in [0.4, 0.5) is 0 Å². The number of sulfonamides is 1. The van der Waals surface area contributed by atoms with Gasteiger partial charge in [-0.1, -0.05) is 6.07 Å². The van der Waals surface area contributed by atoms with Crippen LogP contribution in [0.3, 0.4) is 0 Å². The number of benzene rings is 1. The van der Waals surface area contributed by atoms with Gasteiger partial charge in [0.15, 0.2) is 0 Å². The summed E-state index contributed by atoms with van der Waals surface area (Å²) in [5, 5.41) is 0. The second-order valence-electron chi connectivity index (χ2n) is 4.36. The highest BCUT2D eigenvalue weighted by Gasteiger charge is 2.13. The van der Waals surface area contributed by atoms with Gasteiger partial charge in [-0.25, -0.2) is 13.1 Å². The van der Waals surface area contributed by atoms with E-state index in [-0.39, 0.29) is 0 Å². The van der Waals surface area contributed by atoms with E-state index >= 15 is 0 Å². The van der Waals surface area contributed by atoms with Crippen LogP contribution in [0.15, 0.2) is 34.8 Å². The van der Waals surface area contributed by atoms with Gasteiger partial charge in [0, 0.05) is 17.6 Å². The molecule has 1 aromatic carbocycles. The minimum Gasteiger partial charge on any atom is -0.253 e. The number of hydrogen-bond acceptors (Lipinski definition) is 4. The third-order valence-corrected chi connectivity index (χ3v) is 5.23. The van der Waals surface area contributed by atoms with Crippen molar-refractivity contribution in [3.63, 3.8) is 0 Å². The van der Waals surface area contributed by atoms with Gasteiger partial charge in [0.25, 0.3) is 0 Å². The molecule has 1 heterocycles. The SMILES string of the molecule is Cc1ccc(S(=O)(=O)NCCc2cncs2)cc1C.